The van der Waals surface area contributed by atoms with E-state index in [9.17, 15) is 10.1 Å². The van der Waals surface area contributed by atoms with Crippen LogP contribution < -0.4 is 14.8 Å². The Hall–Kier alpha value is -4.82. The Morgan fingerprint density at radius 1 is 0.730 bits per heavy atom. The van der Waals surface area contributed by atoms with Crippen molar-refractivity contribution in [2.24, 2.45) is 0 Å². The molecule has 0 saturated carbocycles. The van der Waals surface area contributed by atoms with E-state index in [0.717, 1.165) is 16.7 Å². The van der Waals surface area contributed by atoms with E-state index in [-0.39, 0.29) is 5.57 Å². The third-order valence-corrected chi connectivity index (χ3v) is 5.72. The number of nitrogens with one attached hydrogen (secondary N) is 1. The summed E-state index contributed by atoms with van der Waals surface area (Å²) in [4.78, 5) is 12.7. The summed E-state index contributed by atoms with van der Waals surface area (Å²) in [6, 6.07) is 32.7. The molecular formula is C32H28N2O3. The Kier molecular flexibility index (Phi) is 8.36. The van der Waals surface area contributed by atoms with Gasteiger partial charge in [0.2, 0.25) is 0 Å². The molecule has 1 amide bonds. The van der Waals surface area contributed by atoms with Crippen molar-refractivity contribution in [3.05, 3.63) is 130 Å². The number of carbonyl (C=O) groups is 1. The number of rotatable bonds is 9. The number of aryl methyl sites for hydroxylation is 2. The summed E-state index contributed by atoms with van der Waals surface area (Å²) >= 11 is 0. The van der Waals surface area contributed by atoms with Crippen LogP contribution in [0.2, 0.25) is 0 Å². The van der Waals surface area contributed by atoms with Crippen LogP contribution in [-0.2, 0) is 18.0 Å². The maximum Gasteiger partial charge on any atom is 0.266 e. The summed E-state index contributed by atoms with van der Waals surface area (Å²) in [5, 5.41) is 12.3. The second-order valence-electron chi connectivity index (χ2n) is 8.77. The summed E-state index contributed by atoms with van der Waals surface area (Å²) < 4.78 is 11.6. The number of nitrogens with zero attached hydrogens (tertiary/aromatic N) is 1. The zero-order valence-electron chi connectivity index (χ0n) is 20.9. The van der Waals surface area contributed by atoms with Gasteiger partial charge in [0, 0.05) is 5.69 Å². The third-order valence-electron chi connectivity index (χ3n) is 5.72. The molecule has 0 heterocycles. The lowest BCUT2D eigenvalue weighted by atomic mass is 10.1. The van der Waals surface area contributed by atoms with Crippen LogP contribution in [0, 0.1) is 25.2 Å². The number of hydrogen-bond donors (Lipinski definition) is 1. The SMILES string of the molecule is Cc1ccc(COc2ccc(/C=C(\C#N)C(=O)Nc3ccc(OCc4ccc(C)cc4)cc3)cc2)cc1. The molecule has 37 heavy (non-hydrogen) atoms. The van der Waals surface area contributed by atoms with Crippen LogP contribution in [0.25, 0.3) is 6.08 Å². The standard InChI is InChI=1S/C32H28N2O3/c1-23-3-7-26(8-4-23)21-36-30-15-11-25(12-16-30)19-28(20-33)32(35)34-29-13-17-31(18-14-29)37-22-27-9-5-24(2)6-10-27/h3-19H,21-22H2,1-2H3,(H,34,35)/b28-19+. The van der Waals surface area contributed by atoms with Crippen molar-refractivity contribution in [2.75, 3.05) is 5.32 Å². The smallest absolute Gasteiger partial charge is 0.266 e. The first-order chi connectivity index (χ1) is 18.0. The van der Waals surface area contributed by atoms with Crippen molar-refractivity contribution < 1.29 is 14.3 Å². The highest BCUT2D eigenvalue weighted by atomic mass is 16.5. The number of carbonyl (C=O) groups excluding carboxylic acids is 1. The molecule has 0 radical (unpaired) electrons. The highest BCUT2D eigenvalue weighted by Crippen LogP contribution is 2.20. The molecule has 0 aliphatic heterocycles. The van der Waals surface area contributed by atoms with E-state index in [4.69, 9.17) is 9.47 Å². The molecule has 0 unspecified atom stereocenters. The molecule has 0 saturated heterocycles. The lowest BCUT2D eigenvalue weighted by Crippen LogP contribution is -2.13. The van der Waals surface area contributed by atoms with Crippen molar-refractivity contribution >= 4 is 17.7 Å². The molecule has 4 aromatic rings. The molecule has 0 atom stereocenters. The minimum atomic E-state index is -0.476. The van der Waals surface area contributed by atoms with Gasteiger partial charge in [-0.25, -0.2) is 0 Å². The monoisotopic (exact) mass is 488 g/mol. The first-order valence-corrected chi connectivity index (χ1v) is 12.0. The molecule has 4 rings (SSSR count). The van der Waals surface area contributed by atoms with Crippen molar-refractivity contribution in [1.29, 1.82) is 5.26 Å². The van der Waals surface area contributed by atoms with E-state index in [1.165, 1.54) is 11.1 Å². The maximum absolute atomic E-state index is 12.7. The van der Waals surface area contributed by atoms with Crippen LogP contribution in [0.15, 0.2) is 103 Å². The van der Waals surface area contributed by atoms with Crippen LogP contribution in [0.3, 0.4) is 0 Å². The predicted molar refractivity (Wildman–Crippen MR) is 146 cm³/mol. The first kappa shape index (κ1) is 25.3. The Balaban J connectivity index is 1.31. The normalized spacial score (nSPS) is 10.9. The number of benzene rings is 4. The van der Waals surface area contributed by atoms with Gasteiger partial charge in [-0.2, -0.15) is 5.26 Å². The lowest BCUT2D eigenvalue weighted by molar-refractivity contribution is -0.112. The Bertz CT molecular complexity index is 1400. The van der Waals surface area contributed by atoms with E-state index < -0.39 is 5.91 Å². The van der Waals surface area contributed by atoms with Gasteiger partial charge < -0.3 is 14.8 Å². The van der Waals surface area contributed by atoms with Gasteiger partial charge in [0.25, 0.3) is 5.91 Å². The number of amides is 1. The quantitative estimate of drug-likeness (QED) is 0.203. The maximum atomic E-state index is 12.7. The van der Waals surface area contributed by atoms with Crippen molar-refractivity contribution in [3.63, 3.8) is 0 Å². The number of ether oxygens (including phenoxy) is 2. The number of hydrogen-bond acceptors (Lipinski definition) is 4. The molecule has 4 aromatic carbocycles. The summed E-state index contributed by atoms with van der Waals surface area (Å²) in [6.07, 6.45) is 1.55. The van der Waals surface area contributed by atoms with Gasteiger partial charge in [0.15, 0.2) is 0 Å². The fourth-order valence-corrected chi connectivity index (χ4v) is 3.51. The molecule has 184 valence electrons. The molecular weight excluding hydrogens is 460 g/mol. The fraction of sp³-hybridized carbons (Fsp3) is 0.125. The van der Waals surface area contributed by atoms with Gasteiger partial charge in [-0.3, -0.25) is 4.79 Å². The highest BCUT2D eigenvalue weighted by molar-refractivity contribution is 6.09. The summed E-state index contributed by atoms with van der Waals surface area (Å²) in [5.74, 6) is 0.931. The minimum Gasteiger partial charge on any atom is -0.489 e. The largest absolute Gasteiger partial charge is 0.489 e. The zero-order chi connectivity index (χ0) is 26.0. The van der Waals surface area contributed by atoms with Gasteiger partial charge in [-0.15, -0.1) is 0 Å². The second kappa shape index (κ2) is 12.2. The predicted octanol–water partition coefficient (Wildman–Crippen LogP) is 7.01. The number of anilines is 1. The van der Waals surface area contributed by atoms with Gasteiger partial charge >= 0.3 is 0 Å². The van der Waals surface area contributed by atoms with Crippen LogP contribution >= 0.6 is 0 Å². The summed E-state index contributed by atoms with van der Waals surface area (Å²) in [5.41, 5.74) is 5.89. The summed E-state index contributed by atoms with van der Waals surface area (Å²) in [6.45, 7) is 5.02. The van der Waals surface area contributed by atoms with Crippen LogP contribution in [0.1, 0.15) is 27.8 Å². The summed E-state index contributed by atoms with van der Waals surface area (Å²) in [7, 11) is 0. The van der Waals surface area contributed by atoms with E-state index in [2.05, 4.69) is 17.4 Å². The first-order valence-electron chi connectivity index (χ1n) is 12.0. The molecule has 0 spiro atoms. The molecule has 0 aromatic heterocycles. The molecule has 5 heteroatoms. The van der Waals surface area contributed by atoms with E-state index in [1.54, 1.807) is 30.3 Å². The van der Waals surface area contributed by atoms with E-state index in [0.29, 0.717) is 30.4 Å². The third kappa shape index (κ3) is 7.58. The van der Waals surface area contributed by atoms with E-state index in [1.807, 2.05) is 80.6 Å². The average molecular weight is 489 g/mol. The highest BCUT2D eigenvalue weighted by Gasteiger charge is 2.10. The van der Waals surface area contributed by atoms with Crippen LogP contribution in [-0.4, -0.2) is 5.91 Å². The van der Waals surface area contributed by atoms with Gasteiger partial charge in [0.1, 0.15) is 36.4 Å². The molecule has 1 N–H and O–H groups in total. The van der Waals surface area contributed by atoms with Gasteiger partial charge in [-0.05, 0) is 73.0 Å². The van der Waals surface area contributed by atoms with Gasteiger partial charge in [-0.1, -0.05) is 71.8 Å². The molecule has 0 aliphatic rings. The molecule has 0 fully saturated rings. The second-order valence-corrected chi connectivity index (χ2v) is 8.77. The van der Waals surface area contributed by atoms with E-state index >= 15 is 0 Å². The molecule has 0 bridgehead atoms. The fourth-order valence-electron chi connectivity index (χ4n) is 3.51. The topological polar surface area (TPSA) is 71.3 Å². The van der Waals surface area contributed by atoms with Crippen LogP contribution in [0.4, 0.5) is 5.69 Å². The Morgan fingerprint density at radius 3 is 1.65 bits per heavy atom. The average Bonchev–Trinajstić information content (AvgIpc) is 2.92. The lowest BCUT2D eigenvalue weighted by Gasteiger charge is -2.09. The minimum absolute atomic E-state index is 0.00743. The number of nitriles is 1. The molecule has 0 aliphatic carbocycles. The Labute approximate surface area is 217 Å². The van der Waals surface area contributed by atoms with Crippen molar-refractivity contribution in [1.82, 2.24) is 0 Å². The Morgan fingerprint density at radius 2 is 1.19 bits per heavy atom. The van der Waals surface area contributed by atoms with Crippen molar-refractivity contribution in [2.45, 2.75) is 27.1 Å². The molecule has 5 nitrogen and oxygen atoms in total. The zero-order valence-corrected chi connectivity index (χ0v) is 20.9. The van der Waals surface area contributed by atoms with Crippen LogP contribution in [0.5, 0.6) is 11.5 Å². The van der Waals surface area contributed by atoms with Crippen molar-refractivity contribution in [3.8, 4) is 17.6 Å². The van der Waals surface area contributed by atoms with Gasteiger partial charge in [0.05, 0.1) is 0 Å².